The van der Waals surface area contributed by atoms with Crippen LogP contribution in [0.1, 0.15) is 380 Å². The molecular formula is C65H126O6. The molecule has 6 nitrogen and oxygen atoms in total. The summed E-state index contributed by atoms with van der Waals surface area (Å²) < 4.78 is 16.9. The van der Waals surface area contributed by atoms with E-state index in [1.54, 1.807) is 0 Å². The van der Waals surface area contributed by atoms with Gasteiger partial charge in [-0.1, -0.05) is 342 Å². The van der Waals surface area contributed by atoms with Gasteiger partial charge in [0.05, 0.1) is 0 Å². The Kier molecular flexibility index (Phi) is 59.6. The van der Waals surface area contributed by atoms with Crippen LogP contribution in [0.2, 0.25) is 0 Å². The van der Waals surface area contributed by atoms with Crippen molar-refractivity contribution < 1.29 is 28.6 Å². The van der Waals surface area contributed by atoms with Crippen molar-refractivity contribution in [2.45, 2.75) is 386 Å². The Morgan fingerprint density at radius 1 is 0.225 bits per heavy atom. The SMILES string of the molecule is CCCCCCCCCCCCCCCCCCCCCCCCCCCCC(=O)OCC(COC(=O)CCCCCCCCCCCCC)OC(=O)CCCCCCCCCCCCCCCCCC. The molecule has 0 spiro atoms. The molecular weight excluding hydrogens is 877 g/mol. The van der Waals surface area contributed by atoms with Gasteiger partial charge in [0.2, 0.25) is 0 Å². The van der Waals surface area contributed by atoms with Crippen LogP contribution < -0.4 is 0 Å². The van der Waals surface area contributed by atoms with Gasteiger partial charge < -0.3 is 14.2 Å². The normalized spacial score (nSPS) is 11.9. The summed E-state index contributed by atoms with van der Waals surface area (Å²) in [7, 11) is 0. The van der Waals surface area contributed by atoms with Crippen molar-refractivity contribution in [1.82, 2.24) is 0 Å². The van der Waals surface area contributed by atoms with Crippen molar-refractivity contribution in [3.63, 3.8) is 0 Å². The summed E-state index contributed by atoms with van der Waals surface area (Å²) in [5, 5.41) is 0. The molecule has 0 heterocycles. The van der Waals surface area contributed by atoms with Crippen molar-refractivity contribution in [2.75, 3.05) is 13.2 Å². The summed E-state index contributed by atoms with van der Waals surface area (Å²) in [6.45, 7) is 6.72. The Labute approximate surface area is 444 Å². The molecule has 1 unspecified atom stereocenters. The Hall–Kier alpha value is -1.59. The number of ether oxygens (including phenoxy) is 3. The number of hydrogen-bond acceptors (Lipinski definition) is 6. The van der Waals surface area contributed by atoms with E-state index >= 15 is 0 Å². The number of esters is 3. The minimum Gasteiger partial charge on any atom is -0.462 e. The van der Waals surface area contributed by atoms with Gasteiger partial charge in [0.15, 0.2) is 6.10 Å². The van der Waals surface area contributed by atoms with Crippen LogP contribution in [0.3, 0.4) is 0 Å². The van der Waals surface area contributed by atoms with Gasteiger partial charge in [-0.3, -0.25) is 14.4 Å². The van der Waals surface area contributed by atoms with E-state index < -0.39 is 6.10 Å². The monoisotopic (exact) mass is 1000 g/mol. The summed E-state index contributed by atoms with van der Waals surface area (Å²) in [4.78, 5) is 38.2. The molecule has 0 fully saturated rings. The highest BCUT2D eigenvalue weighted by atomic mass is 16.6. The van der Waals surface area contributed by atoms with Crippen molar-refractivity contribution in [1.29, 1.82) is 0 Å². The highest BCUT2D eigenvalue weighted by Gasteiger charge is 2.19. The maximum Gasteiger partial charge on any atom is 0.306 e. The van der Waals surface area contributed by atoms with E-state index in [-0.39, 0.29) is 31.1 Å². The quantitative estimate of drug-likeness (QED) is 0.0343. The number of rotatable bonds is 61. The molecule has 0 rings (SSSR count). The molecule has 0 saturated heterocycles. The molecule has 0 N–H and O–H groups in total. The van der Waals surface area contributed by atoms with E-state index in [0.717, 1.165) is 57.8 Å². The Morgan fingerprint density at radius 2 is 0.380 bits per heavy atom. The first-order chi connectivity index (χ1) is 35.0. The van der Waals surface area contributed by atoms with Crippen molar-refractivity contribution in [2.24, 2.45) is 0 Å². The predicted molar refractivity (Wildman–Crippen MR) is 307 cm³/mol. The van der Waals surface area contributed by atoms with Crippen molar-refractivity contribution in [3.05, 3.63) is 0 Å². The summed E-state index contributed by atoms with van der Waals surface area (Å²) >= 11 is 0. The largest absolute Gasteiger partial charge is 0.462 e. The molecule has 0 aliphatic rings. The molecule has 0 bridgehead atoms. The Balaban J connectivity index is 4.13. The number of hydrogen-bond donors (Lipinski definition) is 0. The molecule has 0 aromatic carbocycles. The van der Waals surface area contributed by atoms with Gasteiger partial charge in [0, 0.05) is 19.3 Å². The fourth-order valence-corrected chi connectivity index (χ4v) is 10.2. The second kappa shape index (κ2) is 61.0. The molecule has 422 valence electrons. The van der Waals surface area contributed by atoms with Crippen LogP contribution in [0.15, 0.2) is 0 Å². The molecule has 0 radical (unpaired) electrons. The molecule has 0 aliphatic carbocycles. The smallest absolute Gasteiger partial charge is 0.306 e. The fourth-order valence-electron chi connectivity index (χ4n) is 10.2. The maximum atomic E-state index is 12.9. The first-order valence-corrected chi connectivity index (χ1v) is 32.5. The topological polar surface area (TPSA) is 78.9 Å². The van der Waals surface area contributed by atoms with E-state index in [9.17, 15) is 14.4 Å². The fraction of sp³-hybridized carbons (Fsp3) is 0.954. The highest BCUT2D eigenvalue weighted by molar-refractivity contribution is 5.71. The van der Waals surface area contributed by atoms with Gasteiger partial charge in [0.25, 0.3) is 0 Å². The molecule has 6 heteroatoms. The number of carbonyl (C=O) groups excluding carboxylic acids is 3. The minimum absolute atomic E-state index is 0.0608. The van der Waals surface area contributed by atoms with Crippen LogP contribution in [-0.2, 0) is 28.6 Å². The van der Waals surface area contributed by atoms with E-state index in [1.165, 1.54) is 283 Å². The lowest BCUT2D eigenvalue weighted by Gasteiger charge is -2.18. The van der Waals surface area contributed by atoms with Crippen LogP contribution >= 0.6 is 0 Å². The third-order valence-corrected chi connectivity index (χ3v) is 15.1. The van der Waals surface area contributed by atoms with Gasteiger partial charge in [-0.25, -0.2) is 0 Å². The molecule has 0 amide bonds. The van der Waals surface area contributed by atoms with Crippen LogP contribution in [-0.4, -0.2) is 37.2 Å². The van der Waals surface area contributed by atoms with E-state index in [1.807, 2.05) is 0 Å². The molecule has 71 heavy (non-hydrogen) atoms. The Morgan fingerprint density at radius 3 is 0.563 bits per heavy atom. The van der Waals surface area contributed by atoms with Crippen LogP contribution in [0.25, 0.3) is 0 Å². The van der Waals surface area contributed by atoms with Gasteiger partial charge >= 0.3 is 17.9 Å². The zero-order valence-electron chi connectivity index (χ0n) is 48.5. The summed E-state index contributed by atoms with van der Waals surface area (Å²) in [5.74, 6) is -0.828. The second-order valence-corrected chi connectivity index (χ2v) is 22.4. The first-order valence-electron chi connectivity index (χ1n) is 32.5. The van der Waals surface area contributed by atoms with Gasteiger partial charge in [0.1, 0.15) is 13.2 Å². The number of carbonyl (C=O) groups is 3. The van der Waals surface area contributed by atoms with Crippen LogP contribution in [0.5, 0.6) is 0 Å². The van der Waals surface area contributed by atoms with Crippen LogP contribution in [0.4, 0.5) is 0 Å². The first kappa shape index (κ1) is 69.4. The average Bonchev–Trinajstić information content (AvgIpc) is 3.37. The maximum absolute atomic E-state index is 12.9. The molecule has 0 aromatic heterocycles. The highest BCUT2D eigenvalue weighted by Crippen LogP contribution is 2.19. The zero-order chi connectivity index (χ0) is 51.4. The Bertz CT molecular complexity index is 1060. The second-order valence-electron chi connectivity index (χ2n) is 22.4. The van der Waals surface area contributed by atoms with E-state index in [4.69, 9.17) is 14.2 Å². The summed E-state index contributed by atoms with van der Waals surface area (Å²) in [6.07, 6.45) is 69.8. The average molecular weight is 1000 g/mol. The zero-order valence-corrected chi connectivity index (χ0v) is 48.5. The van der Waals surface area contributed by atoms with Crippen LogP contribution in [0, 0.1) is 0 Å². The van der Waals surface area contributed by atoms with E-state index in [2.05, 4.69) is 20.8 Å². The third kappa shape index (κ3) is 59.2. The van der Waals surface area contributed by atoms with Gasteiger partial charge in [-0.05, 0) is 19.3 Å². The minimum atomic E-state index is -0.761. The van der Waals surface area contributed by atoms with Gasteiger partial charge in [-0.2, -0.15) is 0 Å². The van der Waals surface area contributed by atoms with Crippen molar-refractivity contribution >= 4 is 17.9 Å². The molecule has 1 atom stereocenters. The van der Waals surface area contributed by atoms with Crippen molar-refractivity contribution in [3.8, 4) is 0 Å². The van der Waals surface area contributed by atoms with E-state index in [0.29, 0.717) is 19.3 Å². The third-order valence-electron chi connectivity index (χ3n) is 15.1. The van der Waals surface area contributed by atoms with Gasteiger partial charge in [-0.15, -0.1) is 0 Å². The number of unbranched alkanes of at least 4 members (excludes halogenated alkanes) is 50. The molecule has 0 aliphatic heterocycles. The summed E-state index contributed by atoms with van der Waals surface area (Å²) in [5.41, 5.74) is 0. The lowest BCUT2D eigenvalue weighted by Crippen LogP contribution is -2.30. The lowest BCUT2D eigenvalue weighted by molar-refractivity contribution is -0.167. The molecule has 0 aromatic rings. The molecule has 0 saturated carbocycles. The summed E-state index contributed by atoms with van der Waals surface area (Å²) in [6, 6.07) is 0. The predicted octanol–water partition coefficient (Wildman–Crippen LogP) is 21.9. The lowest BCUT2D eigenvalue weighted by atomic mass is 10.0. The standard InChI is InChI=1S/C65H126O6/c1-4-7-10-13-16-19-22-24-26-28-29-30-31-32-33-34-35-36-37-39-40-43-46-49-52-55-58-64(67)70-61-62(60-69-63(66)57-54-51-48-45-42-21-18-15-12-9-6-3)71-65(68)59-56-53-50-47-44-41-38-27-25-23-20-17-14-11-8-5-2/h62H,4-61H2,1-3H3.